The Balaban J connectivity index is 1.37. The largest absolute Gasteiger partial charge is 0.497 e. The van der Waals surface area contributed by atoms with Gasteiger partial charge >= 0.3 is 0 Å². The number of carbonyl (C=O) groups is 1. The predicted octanol–water partition coefficient (Wildman–Crippen LogP) is 6.09. The van der Waals surface area contributed by atoms with Crippen molar-refractivity contribution in [2.45, 2.75) is 19.3 Å². The summed E-state index contributed by atoms with van der Waals surface area (Å²) in [5.41, 5.74) is 4.50. The van der Waals surface area contributed by atoms with Crippen LogP contribution in [0.15, 0.2) is 72.8 Å². The lowest BCUT2D eigenvalue weighted by molar-refractivity contribution is -0.117. The standard InChI is InChI=1S/C30H32N4O3/c1-36-25-12-6-21(7-13-25)27-19-22-18-26(37-2)14-15-28(22)33-30(27)32-24-10-8-23(9-11-24)31-29(35)20-34-16-4-3-5-17-34/h6-15,18-19H,3-5,16-17,20H2,1-2H3,(H,31,35)(H,32,33). The van der Waals surface area contributed by atoms with E-state index in [4.69, 9.17) is 14.5 Å². The molecule has 4 aromatic rings. The minimum absolute atomic E-state index is 0.0241. The minimum atomic E-state index is 0.0241. The van der Waals surface area contributed by atoms with Crippen LogP contribution in [0.3, 0.4) is 0 Å². The molecule has 1 aromatic heterocycles. The van der Waals surface area contributed by atoms with E-state index in [1.54, 1.807) is 14.2 Å². The first-order valence-electron chi connectivity index (χ1n) is 12.6. The van der Waals surface area contributed by atoms with Gasteiger partial charge in [0.15, 0.2) is 0 Å². The number of fused-ring (bicyclic) bond motifs is 1. The first-order valence-corrected chi connectivity index (χ1v) is 12.6. The van der Waals surface area contributed by atoms with Crippen molar-refractivity contribution < 1.29 is 14.3 Å². The SMILES string of the molecule is COc1ccc(-c2cc3cc(OC)ccc3nc2Nc2ccc(NC(=O)CN3CCCCC3)cc2)cc1. The number of carbonyl (C=O) groups excluding carboxylic acids is 1. The van der Waals surface area contributed by atoms with Crippen molar-refractivity contribution in [2.75, 3.05) is 44.5 Å². The number of pyridine rings is 1. The third-order valence-electron chi connectivity index (χ3n) is 6.67. The lowest BCUT2D eigenvalue weighted by Gasteiger charge is -2.25. The predicted molar refractivity (Wildman–Crippen MR) is 149 cm³/mol. The lowest BCUT2D eigenvalue weighted by Crippen LogP contribution is -2.36. The summed E-state index contributed by atoms with van der Waals surface area (Å²) in [4.78, 5) is 19.6. The van der Waals surface area contributed by atoms with E-state index in [2.05, 4.69) is 21.6 Å². The summed E-state index contributed by atoms with van der Waals surface area (Å²) < 4.78 is 10.7. The van der Waals surface area contributed by atoms with Crippen LogP contribution < -0.4 is 20.1 Å². The van der Waals surface area contributed by atoms with Gasteiger partial charge in [-0.3, -0.25) is 9.69 Å². The average Bonchev–Trinajstić information content (AvgIpc) is 2.94. The number of aromatic nitrogens is 1. The fraction of sp³-hybridized carbons (Fsp3) is 0.267. The van der Waals surface area contributed by atoms with Gasteiger partial charge < -0.3 is 20.1 Å². The summed E-state index contributed by atoms with van der Waals surface area (Å²) in [6.45, 7) is 2.44. The van der Waals surface area contributed by atoms with Crippen LogP contribution in [0, 0.1) is 0 Å². The molecule has 1 amide bonds. The van der Waals surface area contributed by atoms with Gasteiger partial charge in [-0.1, -0.05) is 18.6 Å². The number of piperidine rings is 1. The summed E-state index contributed by atoms with van der Waals surface area (Å²) in [6, 6.07) is 23.6. The van der Waals surface area contributed by atoms with Gasteiger partial charge in [0.05, 0.1) is 26.3 Å². The smallest absolute Gasteiger partial charge is 0.238 e. The van der Waals surface area contributed by atoms with Gasteiger partial charge in [0.2, 0.25) is 5.91 Å². The van der Waals surface area contributed by atoms with Crippen molar-refractivity contribution in [3.05, 3.63) is 72.8 Å². The zero-order valence-corrected chi connectivity index (χ0v) is 21.3. The number of anilines is 3. The first kappa shape index (κ1) is 24.6. The molecule has 0 spiro atoms. The van der Waals surface area contributed by atoms with Gasteiger partial charge in [-0.15, -0.1) is 0 Å². The lowest BCUT2D eigenvalue weighted by atomic mass is 10.0. The molecule has 2 heterocycles. The molecule has 7 nitrogen and oxygen atoms in total. The maximum absolute atomic E-state index is 12.5. The number of ether oxygens (including phenoxy) is 2. The molecular formula is C30H32N4O3. The second-order valence-corrected chi connectivity index (χ2v) is 9.26. The summed E-state index contributed by atoms with van der Waals surface area (Å²) in [6.07, 6.45) is 3.60. The highest BCUT2D eigenvalue weighted by Gasteiger charge is 2.14. The zero-order chi connectivity index (χ0) is 25.6. The minimum Gasteiger partial charge on any atom is -0.497 e. The molecule has 0 aliphatic carbocycles. The van der Waals surface area contributed by atoms with Crippen LogP contribution in [0.25, 0.3) is 22.0 Å². The normalized spacial score (nSPS) is 13.8. The molecule has 0 bridgehead atoms. The van der Waals surface area contributed by atoms with Crippen molar-refractivity contribution in [1.82, 2.24) is 9.88 Å². The Morgan fingerprint density at radius 3 is 2.22 bits per heavy atom. The monoisotopic (exact) mass is 496 g/mol. The fourth-order valence-electron chi connectivity index (χ4n) is 4.66. The number of hydrogen-bond donors (Lipinski definition) is 2. The van der Waals surface area contributed by atoms with E-state index in [1.807, 2.05) is 66.7 Å². The number of benzene rings is 3. The molecule has 37 heavy (non-hydrogen) atoms. The topological polar surface area (TPSA) is 75.7 Å². The van der Waals surface area contributed by atoms with Crippen LogP contribution in [-0.4, -0.2) is 49.6 Å². The van der Waals surface area contributed by atoms with E-state index < -0.39 is 0 Å². The van der Waals surface area contributed by atoms with Crippen LogP contribution in [0.5, 0.6) is 11.5 Å². The summed E-state index contributed by atoms with van der Waals surface area (Å²) >= 11 is 0. The van der Waals surface area contributed by atoms with E-state index in [0.717, 1.165) is 63.8 Å². The van der Waals surface area contributed by atoms with Crippen LogP contribution in [0.4, 0.5) is 17.2 Å². The van der Waals surface area contributed by atoms with Gasteiger partial charge in [-0.25, -0.2) is 4.98 Å². The molecule has 2 N–H and O–H groups in total. The van der Waals surface area contributed by atoms with Crippen molar-refractivity contribution in [3.8, 4) is 22.6 Å². The van der Waals surface area contributed by atoms with Crippen molar-refractivity contribution in [1.29, 1.82) is 0 Å². The molecule has 1 fully saturated rings. The highest BCUT2D eigenvalue weighted by Crippen LogP contribution is 2.34. The molecule has 0 atom stereocenters. The third-order valence-corrected chi connectivity index (χ3v) is 6.67. The number of likely N-dealkylation sites (tertiary alicyclic amines) is 1. The second-order valence-electron chi connectivity index (χ2n) is 9.26. The van der Waals surface area contributed by atoms with Crippen LogP contribution in [-0.2, 0) is 4.79 Å². The Labute approximate surface area is 217 Å². The van der Waals surface area contributed by atoms with Crippen LogP contribution in [0.2, 0.25) is 0 Å². The van der Waals surface area contributed by atoms with Crippen molar-refractivity contribution >= 4 is 34.0 Å². The van der Waals surface area contributed by atoms with Crippen LogP contribution >= 0.6 is 0 Å². The molecule has 5 rings (SSSR count). The number of nitrogens with zero attached hydrogens (tertiary/aromatic N) is 2. The van der Waals surface area contributed by atoms with Gasteiger partial charge in [-0.05, 0) is 92.2 Å². The quantitative estimate of drug-likeness (QED) is 0.308. The molecular weight excluding hydrogens is 464 g/mol. The number of nitrogens with one attached hydrogen (secondary N) is 2. The number of hydrogen-bond acceptors (Lipinski definition) is 6. The van der Waals surface area contributed by atoms with E-state index in [0.29, 0.717) is 6.54 Å². The van der Waals surface area contributed by atoms with E-state index in [-0.39, 0.29) is 5.91 Å². The molecule has 1 aliphatic rings. The van der Waals surface area contributed by atoms with Gasteiger partial charge in [-0.2, -0.15) is 0 Å². The Morgan fingerprint density at radius 2 is 1.51 bits per heavy atom. The molecule has 3 aromatic carbocycles. The first-order chi connectivity index (χ1) is 18.1. The second kappa shape index (κ2) is 11.3. The number of methoxy groups -OCH3 is 2. The van der Waals surface area contributed by atoms with Crippen LogP contribution in [0.1, 0.15) is 19.3 Å². The molecule has 190 valence electrons. The molecule has 0 radical (unpaired) electrons. The van der Waals surface area contributed by atoms with Gasteiger partial charge in [0.1, 0.15) is 17.3 Å². The summed E-state index contributed by atoms with van der Waals surface area (Å²) in [7, 11) is 3.32. The molecule has 1 aliphatic heterocycles. The van der Waals surface area contributed by atoms with Crippen molar-refractivity contribution in [3.63, 3.8) is 0 Å². The Hall–Kier alpha value is -4.10. The summed E-state index contributed by atoms with van der Waals surface area (Å²) in [5, 5.41) is 7.48. The Morgan fingerprint density at radius 1 is 0.838 bits per heavy atom. The highest BCUT2D eigenvalue weighted by molar-refractivity contribution is 5.93. The number of amides is 1. The summed E-state index contributed by atoms with van der Waals surface area (Å²) in [5.74, 6) is 2.35. The van der Waals surface area contributed by atoms with E-state index in [9.17, 15) is 4.79 Å². The number of rotatable bonds is 8. The molecule has 7 heteroatoms. The maximum Gasteiger partial charge on any atom is 0.238 e. The Kier molecular flexibility index (Phi) is 7.51. The van der Waals surface area contributed by atoms with Crippen molar-refractivity contribution in [2.24, 2.45) is 0 Å². The highest BCUT2D eigenvalue weighted by atomic mass is 16.5. The Bertz CT molecular complexity index is 1360. The van der Waals surface area contributed by atoms with Gasteiger partial charge in [0.25, 0.3) is 0 Å². The van der Waals surface area contributed by atoms with Gasteiger partial charge in [0, 0.05) is 22.3 Å². The molecule has 0 saturated carbocycles. The zero-order valence-electron chi connectivity index (χ0n) is 21.3. The molecule has 0 unspecified atom stereocenters. The molecule has 1 saturated heterocycles. The van der Waals surface area contributed by atoms with E-state index in [1.165, 1.54) is 19.3 Å². The third kappa shape index (κ3) is 6.01. The fourth-order valence-corrected chi connectivity index (χ4v) is 4.66. The van der Waals surface area contributed by atoms with E-state index >= 15 is 0 Å². The maximum atomic E-state index is 12.5. The average molecular weight is 497 g/mol.